The minimum absolute atomic E-state index is 0.00542. The third kappa shape index (κ3) is 4.56. The van der Waals surface area contributed by atoms with Crippen molar-refractivity contribution < 1.29 is 29.6 Å². The molecule has 1 aliphatic heterocycles. The third-order valence-electron chi connectivity index (χ3n) is 6.32. The Hall–Kier alpha value is -2.71. The number of benzene rings is 2. The molecule has 1 saturated heterocycles. The highest BCUT2D eigenvalue weighted by atomic mass is 16.6. The second kappa shape index (κ2) is 10.3. The van der Waals surface area contributed by atoms with Crippen LogP contribution in [0.5, 0.6) is 0 Å². The van der Waals surface area contributed by atoms with Crippen molar-refractivity contribution in [3.63, 3.8) is 0 Å². The molecule has 2 aromatic rings. The number of likely N-dealkylation sites (tertiary alicyclic amines) is 1. The molecule has 1 amide bonds. The Morgan fingerprint density at radius 3 is 2.19 bits per heavy atom. The summed E-state index contributed by atoms with van der Waals surface area (Å²) in [5, 5.41) is 32.6. The maximum absolute atomic E-state index is 13.0. The van der Waals surface area contributed by atoms with Gasteiger partial charge in [-0.3, -0.25) is 4.90 Å². The van der Waals surface area contributed by atoms with Gasteiger partial charge in [0.25, 0.3) is 0 Å². The van der Waals surface area contributed by atoms with E-state index < -0.39 is 36.0 Å². The van der Waals surface area contributed by atoms with E-state index in [0.29, 0.717) is 6.61 Å². The number of nitrogens with zero attached hydrogens (tertiary/aromatic N) is 1. The molecule has 0 spiro atoms. The van der Waals surface area contributed by atoms with Gasteiger partial charge in [-0.05, 0) is 24.5 Å². The molecule has 0 saturated carbocycles. The molecule has 3 rings (SSSR count). The summed E-state index contributed by atoms with van der Waals surface area (Å²) in [7, 11) is 0. The van der Waals surface area contributed by atoms with Crippen molar-refractivity contribution in [3.05, 3.63) is 84.4 Å². The van der Waals surface area contributed by atoms with Crippen molar-refractivity contribution in [2.75, 3.05) is 13.2 Å². The average molecular weight is 442 g/mol. The summed E-state index contributed by atoms with van der Waals surface area (Å²) in [6.07, 6.45) is -0.675. The number of rotatable bonds is 9. The fourth-order valence-electron chi connectivity index (χ4n) is 4.34. The lowest BCUT2D eigenvalue weighted by molar-refractivity contribution is -0.0700. The van der Waals surface area contributed by atoms with Crippen LogP contribution >= 0.6 is 0 Å². The first-order valence-corrected chi connectivity index (χ1v) is 10.6. The monoisotopic (exact) mass is 441 g/mol. The van der Waals surface area contributed by atoms with Gasteiger partial charge in [0.2, 0.25) is 0 Å². The van der Waals surface area contributed by atoms with Crippen molar-refractivity contribution in [2.24, 2.45) is 5.92 Å². The highest BCUT2D eigenvalue weighted by molar-refractivity contribution is 5.71. The van der Waals surface area contributed by atoms with Crippen LogP contribution in [0.25, 0.3) is 0 Å². The first-order valence-electron chi connectivity index (χ1n) is 10.6. The van der Waals surface area contributed by atoms with Crippen LogP contribution in [0, 0.1) is 5.92 Å². The van der Waals surface area contributed by atoms with Gasteiger partial charge in [-0.1, -0.05) is 66.7 Å². The van der Waals surface area contributed by atoms with E-state index in [0.717, 1.165) is 16.0 Å². The predicted molar refractivity (Wildman–Crippen MR) is 119 cm³/mol. The molecule has 2 aromatic carbocycles. The standard InChI is InChI=1S/C25H31NO6/c1-3-25(18-27)24(2,30)21(14-15-31-16-19-10-6-4-7-11-19)22(28)26(25)23(29)32-17-20-12-8-5-9-13-20/h3-13,21-22,27-28,30H,1,14-18H2,2H3/t21-,22?,24-,25-/m0/s1. The average Bonchev–Trinajstić information content (AvgIpc) is 2.98. The van der Waals surface area contributed by atoms with Gasteiger partial charge in [-0.15, -0.1) is 6.58 Å². The molecule has 172 valence electrons. The molecule has 7 heteroatoms. The highest BCUT2D eigenvalue weighted by Gasteiger charge is 2.65. The number of amides is 1. The van der Waals surface area contributed by atoms with Crippen LogP contribution in [-0.4, -0.2) is 56.9 Å². The van der Waals surface area contributed by atoms with Crippen LogP contribution in [0.1, 0.15) is 24.5 Å². The molecule has 0 aromatic heterocycles. The fourth-order valence-corrected chi connectivity index (χ4v) is 4.34. The Kier molecular flexibility index (Phi) is 7.69. The van der Waals surface area contributed by atoms with Crippen molar-refractivity contribution in [2.45, 2.75) is 43.9 Å². The Labute approximate surface area is 188 Å². The summed E-state index contributed by atoms with van der Waals surface area (Å²) in [5.41, 5.74) is -1.48. The van der Waals surface area contributed by atoms with Crippen LogP contribution in [0.2, 0.25) is 0 Å². The van der Waals surface area contributed by atoms with Crippen LogP contribution in [0.4, 0.5) is 4.79 Å². The van der Waals surface area contributed by atoms with Crippen molar-refractivity contribution in [1.29, 1.82) is 0 Å². The minimum atomic E-state index is -1.66. The first-order chi connectivity index (χ1) is 15.4. The van der Waals surface area contributed by atoms with Crippen LogP contribution in [-0.2, 0) is 22.7 Å². The van der Waals surface area contributed by atoms with E-state index in [9.17, 15) is 20.1 Å². The molecule has 1 aliphatic rings. The number of carbonyl (C=O) groups excluding carboxylic acids is 1. The van der Waals surface area contributed by atoms with E-state index in [2.05, 4.69) is 6.58 Å². The van der Waals surface area contributed by atoms with E-state index in [1.165, 1.54) is 13.0 Å². The molecule has 0 bridgehead atoms. The molecular formula is C25H31NO6. The second-order valence-corrected chi connectivity index (χ2v) is 8.19. The number of ether oxygens (including phenoxy) is 2. The molecule has 4 atom stereocenters. The molecule has 3 N–H and O–H groups in total. The minimum Gasteiger partial charge on any atom is -0.444 e. The van der Waals surface area contributed by atoms with Gasteiger partial charge in [0.05, 0.1) is 18.8 Å². The lowest BCUT2D eigenvalue weighted by Crippen LogP contribution is -2.61. The van der Waals surface area contributed by atoms with Gasteiger partial charge >= 0.3 is 6.09 Å². The van der Waals surface area contributed by atoms with Crippen LogP contribution < -0.4 is 0 Å². The summed E-state index contributed by atoms with van der Waals surface area (Å²) in [6, 6.07) is 18.8. The zero-order valence-electron chi connectivity index (χ0n) is 18.3. The highest BCUT2D eigenvalue weighted by Crippen LogP contribution is 2.48. The molecule has 7 nitrogen and oxygen atoms in total. The second-order valence-electron chi connectivity index (χ2n) is 8.19. The van der Waals surface area contributed by atoms with Gasteiger partial charge < -0.3 is 24.8 Å². The summed E-state index contributed by atoms with van der Waals surface area (Å²) in [6.45, 7) is 5.22. The number of aliphatic hydroxyl groups excluding tert-OH is 2. The number of hydrogen-bond acceptors (Lipinski definition) is 6. The zero-order valence-corrected chi connectivity index (χ0v) is 18.3. The summed E-state index contributed by atoms with van der Waals surface area (Å²) < 4.78 is 11.1. The normalized spacial score (nSPS) is 27.3. The third-order valence-corrected chi connectivity index (χ3v) is 6.32. The number of aliphatic hydroxyl groups is 3. The van der Waals surface area contributed by atoms with Gasteiger partial charge in [0, 0.05) is 12.5 Å². The number of hydrogen-bond donors (Lipinski definition) is 3. The molecule has 0 radical (unpaired) electrons. The smallest absolute Gasteiger partial charge is 0.413 e. The van der Waals surface area contributed by atoms with Crippen LogP contribution in [0.3, 0.4) is 0 Å². The van der Waals surface area contributed by atoms with E-state index in [4.69, 9.17) is 9.47 Å². The molecular weight excluding hydrogens is 410 g/mol. The van der Waals surface area contributed by atoms with Gasteiger partial charge in [0.15, 0.2) is 0 Å². The molecule has 1 unspecified atom stereocenters. The SMILES string of the molecule is C=C[C@@]1(CO)N(C(=O)OCc2ccccc2)C(O)[C@H](CCOCc2ccccc2)[C@]1(C)O. The fraction of sp³-hybridized carbons (Fsp3) is 0.400. The largest absolute Gasteiger partial charge is 0.444 e. The lowest BCUT2D eigenvalue weighted by atomic mass is 9.75. The van der Waals surface area contributed by atoms with Gasteiger partial charge in [-0.25, -0.2) is 4.79 Å². The van der Waals surface area contributed by atoms with E-state index in [1.54, 1.807) is 0 Å². The lowest BCUT2D eigenvalue weighted by Gasteiger charge is -2.41. The van der Waals surface area contributed by atoms with Crippen molar-refractivity contribution >= 4 is 6.09 Å². The quantitative estimate of drug-likeness (QED) is 0.409. The molecule has 1 heterocycles. The van der Waals surface area contributed by atoms with E-state index >= 15 is 0 Å². The van der Waals surface area contributed by atoms with E-state index in [-0.39, 0.29) is 19.6 Å². The van der Waals surface area contributed by atoms with Crippen LogP contribution in [0.15, 0.2) is 73.3 Å². The summed E-state index contributed by atoms with van der Waals surface area (Å²) in [5.74, 6) is -0.785. The number of carbonyl (C=O) groups is 1. The Balaban J connectivity index is 1.71. The molecule has 32 heavy (non-hydrogen) atoms. The Morgan fingerprint density at radius 1 is 1.09 bits per heavy atom. The predicted octanol–water partition coefficient (Wildman–Crippen LogP) is 2.85. The topological polar surface area (TPSA) is 99.5 Å². The van der Waals surface area contributed by atoms with Crippen molar-refractivity contribution in [1.82, 2.24) is 4.90 Å². The van der Waals surface area contributed by atoms with Gasteiger partial charge in [-0.2, -0.15) is 0 Å². The maximum Gasteiger partial charge on any atom is 0.413 e. The van der Waals surface area contributed by atoms with Crippen molar-refractivity contribution in [3.8, 4) is 0 Å². The van der Waals surface area contributed by atoms with E-state index in [1.807, 2.05) is 60.7 Å². The maximum atomic E-state index is 13.0. The first kappa shape index (κ1) is 23.9. The zero-order chi connectivity index (χ0) is 23.2. The molecule has 1 fully saturated rings. The summed E-state index contributed by atoms with van der Waals surface area (Å²) >= 11 is 0. The molecule has 0 aliphatic carbocycles. The summed E-state index contributed by atoms with van der Waals surface area (Å²) in [4.78, 5) is 13.9. The Morgan fingerprint density at radius 2 is 1.66 bits per heavy atom. The van der Waals surface area contributed by atoms with Gasteiger partial charge in [0.1, 0.15) is 18.4 Å². The Bertz CT molecular complexity index is 888.